The fraction of sp³-hybridized carbons (Fsp3) is 0.240. The van der Waals surface area contributed by atoms with Gasteiger partial charge in [-0.25, -0.2) is 8.78 Å². The zero-order valence-electron chi connectivity index (χ0n) is 17.3. The summed E-state index contributed by atoms with van der Waals surface area (Å²) in [7, 11) is 1.28. The molecule has 166 valence electrons. The summed E-state index contributed by atoms with van der Waals surface area (Å²) < 4.78 is 32.6. The first-order chi connectivity index (χ1) is 15.4. The Bertz CT molecular complexity index is 1030. The molecule has 1 unspecified atom stereocenters. The van der Waals surface area contributed by atoms with Crippen LogP contribution in [0.4, 0.5) is 8.78 Å². The molecule has 0 N–H and O–H groups in total. The summed E-state index contributed by atoms with van der Waals surface area (Å²) >= 11 is 12.2. The number of ether oxygens (including phenoxy) is 1. The Morgan fingerprint density at radius 1 is 0.875 bits per heavy atom. The number of carbonyl (C=O) groups is 1. The minimum absolute atomic E-state index is 0.0803. The van der Waals surface area contributed by atoms with Gasteiger partial charge in [-0.2, -0.15) is 0 Å². The van der Waals surface area contributed by atoms with E-state index >= 15 is 0 Å². The molecule has 1 aliphatic rings. The Morgan fingerprint density at radius 2 is 1.34 bits per heavy atom. The monoisotopic (exact) mass is 475 g/mol. The standard InChI is InChI=1S/C25H21Cl2F2NO2/c1-32-25(31)23(17-10-21(28)12-22(29)11-17)18-13-30(14-18)24(15-2-6-19(26)7-3-15)16-4-8-20(27)9-5-16/h2-12,18,23-24H,13-14H2,1H3. The number of nitrogens with zero attached hydrogens (tertiary/aromatic N) is 1. The lowest BCUT2D eigenvalue weighted by Gasteiger charge is -2.47. The highest BCUT2D eigenvalue weighted by atomic mass is 35.5. The molecule has 0 spiro atoms. The van der Waals surface area contributed by atoms with Gasteiger partial charge in [-0.05, 0) is 53.1 Å². The maximum absolute atomic E-state index is 13.8. The number of hydrogen-bond acceptors (Lipinski definition) is 3. The van der Waals surface area contributed by atoms with Crippen molar-refractivity contribution in [2.75, 3.05) is 20.2 Å². The van der Waals surface area contributed by atoms with Gasteiger partial charge in [0.05, 0.1) is 19.1 Å². The summed E-state index contributed by atoms with van der Waals surface area (Å²) in [5, 5.41) is 1.29. The van der Waals surface area contributed by atoms with Crippen molar-refractivity contribution >= 4 is 29.2 Å². The number of esters is 1. The maximum atomic E-state index is 13.8. The number of carbonyl (C=O) groups excluding carboxylic acids is 1. The van der Waals surface area contributed by atoms with E-state index in [9.17, 15) is 13.6 Å². The molecular formula is C25H21Cl2F2NO2. The van der Waals surface area contributed by atoms with E-state index in [1.54, 1.807) is 0 Å². The fourth-order valence-electron chi connectivity index (χ4n) is 4.36. The lowest BCUT2D eigenvalue weighted by molar-refractivity contribution is -0.146. The van der Waals surface area contributed by atoms with Crippen LogP contribution in [0, 0.1) is 17.6 Å². The number of hydrogen-bond donors (Lipinski definition) is 0. The molecule has 32 heavy (non-hydrogen) atoms. The number of methoxy groups -OCH3 is 1. The smallest absolute Gasteiger partial charge is 0.313 e. The first-order valence-electron chi connectivity index (χ1n) is 10.1. The number of benzene rings is 3. The van der Waals surface area contributed by atoms with Gasteiger partial charge < -0.3 is 4.74 Å². The van der Waals surface area contributed by atoms with Crippen LogP contribution in [-0.4, -0.2) is 31.1 Å². The van der Waals surface area contributed by atoms with E-state index in [1.165, 1.54) is 19.2 Å². The van der Waals surface area contributed by atoms with E-state index in [4.69, 9.17) is 27.9 Å². The van der Waals surface area contributed by atoms with Gasteiger partial charge in [0.1, 0.15) is 11.6 Å². The second kappa shape index (κ2) is 9.57. The lowest BCUT2D eigenvalue weighted by atomic mass is 9.79. The Hall–Kier alpha value is -2.47. The zero-order valence-corrected chi connectivity index (χ0v) is 18.8. The Labute approximate surface area is 195 Å². The van der Waals surface area contributed by atoms with Crippen LogP contribution in [0.2, 0.25) is 10.0 Å². The third-order valence-electron chi connectivity index (χ3n) is 5.85. The molecule has 0 aromatic heterocycles. The molecular weight excluding hydrogens is 455 g/mol. The van der Waals surface area contributed by atoms with Crippen molar-refractivity contribution in [3.05, 3.63) is 105 Å². The summed E-state index contributed by atoms with van der Waals surface area (Å²) in [5.74, 6) is -2.84. The number of likely N-dealkylation sites (tertiary alicyclic amines) is 1. The Kier molecular flexibility index (Phi) is 6.79. The molecule has 1 atom stereocenters. The summed E-state index contributed by atoms with van der Waals surface area (Å²) in [6.45, 7) is 1.10. The average molecular weight is 476 g/mol. The van der Waals surface area contributed by atoms with E-state index < -0.39 is 23.5 Å². The zero-order chi connectivity index (χ0) is 22.8. The molecule has 1 aliphatic heterocycles. The van der Waals surface area contributed by atoms with Gasteiger partial charge in [0.25, 0.3) is 0 Å². The molecule has 1 fully saturated rings. The SMILES string of the molecule is COC(=O)C(c1cc(F)cc(F)c1)C1CN(C(c2ccc(Cl)cc2)c2ccc(Cl)cc2)C1. The van der Waals surface area contributed by atoms with E-state index in [0.29, 0.717) is 23.1 Å². The summed E-state index contributed by atoms with van der Waals surface area (Å²) in [6, 6.07) is 18.3. The van der Waals surface area contributed by atoms with Gasteiger partial charge in [-0.3, -0.25) is 9.69 Å². The van der Waals surface area contributed by atoms with Crippen molar-refractivity contribution in [2.24, 2.45) is 5.92 Å². The third kappa shape index (κ3) is 4.80. The lowest BCUT2D eigenvalue weighted by Crippen LogP contribution is -2.52. The minimum Gasteiger partial charge on any atom is -0.469 e. The van der Waals surface area contributed by atoms with Crippen LogP contribution in [0.5, 0.6) is 0 Å². The summed E-state index contributed by atoms with van der Waals surface area (Å²) in [5.41, 5.74) is 2.37. The van der Waals surface area contributed by atoms with E-state index in [2.05, 4.69) is 4.90 Å². The highest BCUT2D eigenvalue weighted by Crippen LogP contribution is 2.41. The average Bonchev–Trinajstić information content (AvgIpc) is 2.73. The van der Waals surface area contributed by atoms with Crippen LogP contribution in [0.1, 0.15) is 28.7 Å². The van der Waals surface area contributed by atoms with Crippen molar-refractivity contribution in [2.45, 2.75) is 12.0 Å². The Balaban J connectivity index is 1.62. The summed E-state index contributed by atoms with van der Waals surface area (Å²) in [4.78, 5) is 14.8. The quantitative estimate of drug-likeness (QED) is 0.394. The molecule has 0 aliphatic carbocycles. The molecule has 4 rings (SSSR count). The van der Waals surface area contributed by atoms with Crippen LogP contribution < -0.4 is 0 Å². The summed E-state index contributed by atoms with van der Waals surface area (Å²) in [6.07, 6.45) is 0. The first kappa shape index (κ1) is 22.7. The van der Waals surface area contributed by atoms with Gasteiger partial charge in [0.15, 0.2) is 0 Å². The molecule has 7 heteroatoms. The van der Waals surface area contributed by atoms with Gasteiger partial charge >= 0.3 is 5.97 Å². The van der Waals surface area contributed by atoms with Crippen molar-refractivity contribution < 1.29 is 18.3 Å². The molecule has 3 aromatic carbocycles. The van der Waals surface area contributed by atoms with Crippen LogP contribution in [-0.2, 0) is 9.53 Å². The third-order valence-corrected chi connectivity index (χ3v) is 6.35. The largest absolute Gasteiger partial charge is 0.469 e. The van der Waals surface area contributed by atoms with Crippen molar-refractivity contribution in [1.29, 1.82) is 0 Å². The normalized spacial score (nSPS) is 15.4. The number of rotatable bonds is 6. The van der Waals surface area contributed by atoms with Crippen LogP contribution >= 0.6 is 23.2 Å². The first-order valence-corrected chi connectivity index (χ1v) is 10.9. The van der Waals surface area contributed by atoms with E-state index in [0.717, 1.165) is 17.2 Å². The maximum Gasteiger partial charge on any atom is 0.313 e. The van der Waals surface area contributed by atoms with Crippen molar-refractivity contribution in [3.63, 3.8) is 0 Å². The molecule has 1 saturated heterocycles. The molecule has 0 amide bonds. The second-order valence-electron chi connectivity index (χ2n) is 7.92. The van der Waals surface area contributed by atoms with Crippen LogP contribution in [0.3, 0.4) is 0 Å². The molecule has 1 heterocycles. The van der Waals surface area contributed by atoms with Crippen LogP contribution in [0.25, 0.3) is 0 Å². The predicted octanol–water partition coefficient (Wildman–Crippen LogP) is 6.25. The molecule has 0 bridgehead atoms. The van der Waals surface area contributed by atoms with Crippen molar-refractivity contribution in [3.8, 4) is 0 Å². The van der Waals surface area contributed by atoms with Gasteiger partial charge in [-0.1, -0.05) is 47.5 Å². The van der Waals surface area contributed by atoms with Crippen molar-refractivity contribution in [1.82, 2.24) is 4.90 Å². The predicted molar refractivity (Wildman–Crippen MR) is 121 cm³/mol. The van der Waals surface area contributed by atoms with Gasteiger partial charge in [0.2, 0.25) is 0 Å². The minimum atomic E-state index is -0.752. The Morgan fingerprint density at radius 3 is 1.78 bits per heavy atom. The highest BCUT2D eigenvalue weighted by Gasteiger charge is 2.42. The molecule has 0 radical (unpaired) electrons. The molecule has 3 nitrogen and oxygen atoms in total. The molecule has 3 aromatic rings. The second-order valence-corrected chi connectivity index (χ2v) is 8.80. The number of halogens is 4. The van der Waals surface area contributed by atoms with E-state index in [-0.39, 0.29) is 17.5 Å². The highest BCUT2D eigenvalue weighted by molar-refractivity contribution is 6.30. The van der Waals surface area contributed by atoms with Crippen LogP contribution in [0.15, 0.2) is 66.7 Å². The van der Waals surface area contributed by atoms with E-state index in [1.807, 2.05) is 48.5 Å². The fourth-order valence-corrected chi connectivity index (χ4v) is 4.61. The van der Waals surface area contributed by atoms with Gasteiger partial charge in [0, 0.05) is 35.1 Å². The van der Waals surface area contributed by atoms with Gasteiger partial charge in [-0.15, -0.1) is 0 Å². The molecule has 0 saturated carbocycles. The topological polar surface area (TPSA) is 29.5 Å².